The van der Waals surface area contributed by atoms with Crippen LogP contribution in [0.4, 0.5) is 13.2 Å². The van der Waals surface area contributed by atoms with E-state index in [2.05, 4.69) is 9.72 Å². The van der Waals surface area contributed by atoms with Gasteiger partial charge in [0, 0.05) is 22.7 Å². The first-order valence-corrected chi connectivity index (χ1v) is 9.42. The van der Waals surface area contributed by atoms with E-state index >= 15 is 0 Å². The topological polar surface area (TPSA) is 51.3 Å². The van der Waals surface area contributed by atoms with Crippen LogP contribution in [-0.2, 0) is 0 Å². The highest BCUT2D eigenvalue weighted by molar-refractivity contribution is 5.86. The van der Waals surface area contributed by atoms with Gasteiger partial charge in [0.15, 0.2) is 5.43 Å². The number of halogens is 3. The highest BCUT2D eigenvalue weighted by Gasteiger charge is 2.31. The number of H-pyrrole nitrogens is 1. The molecule has 0 radical (unpaired) electrons. The zero-order valence-electron chi connectivity index (χ0n) is 16.7. The number of pyridine rings is 1. The van der Waals surface area contributed by atoms with E-state index in [4.69, 9.17) is 4.74 Å². The van der Waals surface area contributed by atoms with Gasteiger partial charge >= 0.3 is 6.36 Å². The fourth-order valence-corrected chi connectivity index (χ4v) is 3.57. The number of ether oxygens (including phenoxy) is 2. The Bertz CT molecular complexity index is 1310. The van der Waals surface area contributed by atoms with E-state index in [0.717, 1.165) is 0 Å². The van der Waals surface area contributed by atoms with Crippen LogP contribution < -0.4 is 14.9 Å². The maximum absolute atomic E-state index is 13.1. The third-order valence-corrected chi connectivity index (χ3v) is 4.97. The van der Waals surface area contributed by atoms with Crippen molar-refractivity contribution in [2.24, 2.45) is 0 Å². The number of alkyl halides is 3. The van der Waals surface area contributed by atoms with Gasteiger partial charge < -0.3 is 14.5 Å². The molecule has 1 N–H and O–H groups in total. The molecule has 4 aromatic rings. The Morgan fingerprint density at radius 2 is 1.55 bits per heavy atom. The molecule has 0 saturated carbocycles. The third kappa shape index (κ3) is 4.26. The Morgan fingerprint density at radius 1 is 0.839 bits per heavy atom. The maximum atomic E-state index is 13.1. The van der Waals surface area contributed by atoms with E-state index in [1.807, 2.05) is 6.92 Å². The van der Waals surface area contributed by atoms with E-state index in [0.29, 0.717) is 44.6 Å². The van der Waals surface area contributed by atoms with E-state index in [1.165, 1.54) is 18.2 Å². The quantitative estimate of drug-likeness (QED) is 0.431. The van der Waals surface area contributed by atoms with Crippen molar-refractivity contribution in [3.05, 3.63) is 82.6 Å². The largest absolute Gasteiger partial charge is 0.573 e. The number of aryl methyl sites for hydroxylation is 1. The molecular formula is C24H18F3NO3. The van der Waals surface area contributed by atoms with Crippen LogP contribution in [0.15, 0.2) is 71.5 Å². The minimum Gasteiger partial charge on any atom is -0.497 e. The highest BCUT2D eigenvalue weighted by Crippen LogP contribution is 2.30. The lowest BCUT2D eigenvalue weighted by atomic mass is 9.98. The Morgan fingerprint density at radius 3 is 2.23 bits per heavy atom. The second-order valence-corrected chi connectivity index (χ2v) is 7.02. The zero-order valence-corrected chi connectivity index (χ0v) is 16.7. The van der Waals surface area contributed by atoms with Crippen LogP contribution in [0.3, 0.4) is 0 Å². The Labute approximate surface area is 175 Å². The van der Waals surface area contributed by atoms with Crippen LogP contribution in [0.5, 0.6) is 11.5 Å². The predicted octanol–water partition coefficient (Wildman–Crippen LogP) is 6.08. The summed E-state index contributed by atoms with van der Waals surface area (Å²) in [5, 5.41) is 0.544. The van der Waals surface area contributed by atoms with Crippen molar-refractivity contribution >= 4 is 10.9 Å². The number of methoxy groups -OCH3 is 1. The van der Waals surface area contributed by atoms with Crippen LogP contribution >= 0.6 is 0 Å². The SMILES string of the molecule is COc1ccc2c(=O)c(-c3ccc(-c4cccc(OC(F)(F)F)c4)cc3)c(C)[nH]c2c1. The molecule has 31 heavy (non-hydrogen) atoms. The van der Waals surface area contributed by atoms with Gasteiger partial charge in [-0.05, 0) is 47.9 Å². The molecule has 1 heterocycles. The summed E-state index contributed by atoms with van der Waals surface area (Å²) in [5.74, 6) is 0.364. The van der Waals surface area contributed by atoms with Crippen LogP contribution in [0.2, 0.25) is 0 Å². The summed E-state index contributed by atoms with van der Waals surface area (Å²) in [6.07, 6.45) is -4.75. The third-order valence-electron chi connectivity index (χ3n) is 4.97. The number of fused-ring (bicyclic) bond motifs is 1. The lowest BCUT2D eigenvalue weighted by molar-refractivity contribution is -0.274. The molecule has 0 amide bonds. The number of nitrogens with one attached hydrogen (secondary N) is 1. The molecule has 0 aliphatic carbocycles. The lowest BCUT2D eigenvalue weighted by Crippen LogP contribution is -2.17. The van der Waals surface area contributed by atoms with E-state index in [1.54, 1.807) is 55.6 Å². The van der Waals surface area contributed by atoms with Gasteiger partial charge in [0.2, 0.25) is 0 Å². The number of aromatic amines is 1. The van der Waals surface area contributed by atoms with Crippen molar-refractivity contribution < 1.29 is 22.6 Å². The van der Waals surface area contributed by atoms with Crippen molar-refractivity contribution in [2.75, 3.05) is 7.11 Å². The van der Waals surface area contributed by atoms with Gasteiger partial charge in [-0.1, -0.05) is 36.4 Å². The summed E-state index contributed by atoms with van der Waals surface area (Å²) < 4.78 is 46.7. The summed E-state index contributed by atoms with van der Waals surface area (Å²) >= 11 is 0. The average molecular weight is 425 g/mol. The van der Waals surface area contributed by atoms with Crippen LogP contribution in [-0.4, -0.2) is 18.5 Å². The van der Waals surface area contributed by atoms with Crippen LogP contribution in [0, 0.1) is 6.92 Å². The molecule has 0 atom stereocenters. The van der Waals surface area contributed by atoms with Crippen LogP contribution in [0.1, 0.15) is 5.69 Å². The molecule has 7 heteroatoms. The summed E-state index contributed by atoms with van der Waals surface area (Å²) in [7, 11) is 1.56. The summed E-state index contributed by atoms with van der Waals surface area (Å²) in [6, 6.07) is 18.1. The molecule has 0 aliphatic heterocycles. The average Bonchev–Trinajstić information content (AvgIpc) is 2.73. The zero-order chi connectivity index (χ0) is 22.2. The molecule has 4 rings (SSSR count). The van der Waals surface area contributed by atoms with Crippen molar-refractivity contribution in [1.29, 1.82) is 0 Å². The van der Waals surface area contributed by atoms with Gasteiger partial charge in [-0.2, -0.15) is 0 Å². The second kappa shape index (κ2) is 7.83. The molecule has 158 valence electrons. The van der Waals surface area contributed by atoms with Crippen molar-refractivity contribution in [1.82, 2.24) is 4.98 Å². The molecule has 0 unspecified atom stereocenters. The number of rotatable bonds is 4. The highest BCUT2D eigenvalue weighted by atomic mass is 19.4. The molecule has 0 spiro atoms. The predicted molar refractivity (Wildman–Crippen MR) is 113 cm³/mol. The molecule has 0 fully saturated rings. The number of hydrogen-bond donors (Lipinski definition) is 1. The van der Waals surface area contributed by atoms with Crippen LogP contribution in [0.25, 0.3) is 33.2 Å². The van der Waals surface area contributed by atoms with Gasteiger partial charge in [-0.25, -0.2) is 0 Å². The molecule has 4 nitrogen and oxygen atoms in total. The smallest absolute Gasteiger partial charge is 0.497 e. The first-order chi connectivity index (χ1) is 14.7. The van der Waals surface area contributed by atoms with Gasteiger partial charge in [-0.3, -0.25) is 4.79 Å². The summed E-state index contributed by atoms with van der Waals surface area (Å²) in [6.45, 7) is 1.82. The van der Waals surface area contributed by atoms with E-state index < -0.39 is 6.36 Å². The van der Waals surface area contributed by atoms with Crippen molar-refractivity contribution in [3.8, 4) is 33.8 Å². The molecular weight excluding hydrogens is 407 g/mol. The van der Waals surface area contributed by atoms with Gasteiger partial charge in [0.1, 0.15) is 11.5 Å². The number of hydrogen-bond acceptors (Lipinski definition) is 3. The van der Waals surface area contributed by atoms with Crippen molar-refractivity contribution in [3.63, 3.8) is 0 Å². The minimum atomic E-state index is -4.75. The number of benzene rings is 3. The standard InChI is InChI=1S/C24H18F3NO3/c1-14-22(23(29)20-11-10-18(30-2)13-21(20)28-14)16-8-6-15(7-9-16)17-4-3-5-19(12-17)31-24(25,26)27/h3-13H,1-2H3,(H,28,29). The monoisotopic (exact) mass is 425 g/mol. The lowest BCUT2D eigenvalue weighted by Gasteiger charge is -2.11. The fraction of sp³-hybridized carbons (Fsp3) is 0.125. The van der Waals surface area contributed by atoms with Gasteiger partial charge in [-0.15, -0.1) is 13.2 Å². The fourth-order valence-electron chi connectivity index (χ4n) is 3.57. The molecule has 0 aliphatic rings. The van der Waals surface area contributed by atoms with Gasteiger partial charge in [0.05, 0.1) is 12.6 Å². The Hall–Kier alpha value is -3.74. The summed E-state index contributed by atoms with van der Waals surface area (Å²) in [5.41, 5.74) is 3.81. The maximum Gasteiger partial charge on any atom is 0.573 e. The normalized spacial score (nSPS) is 11.5. The first-order valence-electron chi connectivity index (χ1n) is 9.42. The number of aromatic nitrogens is 1. The molecule has 0 saturated heterocycles. The van der Waals surface area contributed by atoms with E-state index in [-0.39, 0.29) is 11.2 Å². The first kappa shape index (κ1) is 20.5. The Balaban J connectivity index is 1.71. The molecule has 0 bridgehead atoms. The molecule has 3 aromatic carbocycles. The Kier molecular flexibility index (Phi) is 5.19. The van der Waals surface area contributed by atoms with E-state index in [9.17, 15) is 18.0 Å². The second-order valence-electron chi connectivity index (χ2n) is 7.02. The molecule has 1 aromatic heterocycles. The van der Waals surface area contributed by atoms with Gasteiger partial charge in [0.25, 0.3) is 0 Å². The van der Waals surface area contributed by atoms with Crippen molar-refractivity contribution in [2.45, 2.75) is 13.3 Å². The summed E-state index contributed by atoms with van der Waals surface area (Å²) in [4.78, 5) is 16.3. The minimum absolute atomic E-state index is 0.109.